The number of nitrogens with one attached hydrogen (secondary N) is 2. The SMILES string of the molecule is CCOCCOCCOCCOCC(=O)NCCCOCCOCCOCCCNC(C)C. The Morgan fingerprint density at radius 2 is 1.03 bits per heavy atom. The molecule has 0 unspecified atom stereocenters. The molecule has 0 aliphatic carbocycles. The van der Waals surface area contributed by atoms with Gasteiger partial charge >= 0.3 is 0 Å². The van der Waals surface area contributed by atoms with Gasteiger partial charge in [-0.05, 0) is 26.3 Å². The molecule has 0 spiro atoms. The van der Waals surface area contributed by atoms with Gasteiger partial charge in [0.05, 0.1) is 66.1 Å². The third kappa shape index (κ3) is 29.1. The van der Waals surface area contributed by atoms with E-state index in [0.29, 0.717) is 91.9 Å². The first kappa shape index (κ1) is 32.1. The van der Waals surface area contributed by atoms with Crippen LogP contribution in [0.15, 0.2) is 0 Å². The van der Waals surface area contributed by atoms with Gasteiger partial charge in [0.1, 0.15) is 6.61 Å². The summed E-state index contributed by atoms with van der Waals surface area (Å²) in [6, 6.07) is 0.516. The lowest BCUT2D eigenvalue weighted by Gasteiger charge is -2.09. The molecule has 0 atom stereocenters. The summed E-state index contributed by atoms with van der Waals surface area (Å²) in [5.41, 5.74) is 0. The fourth-order valence-corrected chi connectivity index (χ4v) is 2.43. The number of carbonyl (C=O) groups is 1. The molecular weight excluding hydrogens is 432 g/mol. The number of carbonyl (C=O) groups excluding carboxylic acids is 1. The summed E-state index contributed by atoms with van der Waals surface area (Å²) in [7, 11) is 0. The summed E-state index contributed by atoms with van der Waals surface area (Å²) in [4.78, 5) is 11.7. The first-order chi connectivity index (χ1) is 16.2. The van der Waals surface area contributed by atoms with Gasteiger partial charge in [0.15, 0.2) is 0 Å². The molecule has 10 nitrogen and oxygen atoms in total. The van der Waals surface area contributed by atoms with E-state index in [4.69, 9.17) is 33.2 Å². The number of ether oxygens (including phenoxy) is 7. The lowest BCUT2D eigenvalue weighted by Crippen LogP contribution is -2.29. The Labute approximate surface area is 200 Å². The summed E-state index contributed by atoms with van der Waals surface area (Å²) >= 11 is 0. The van der Waals surface area contributed by atoms with Crippen LogP contribution in [-0.4, -0.2) is 118 Å². The Balaban J connectivity index is 3.14. The molecule has 2 N–H and O–H groups in total. The molecule has 10 heteroatoms. The van der Waals surface area contributed by atoms with Crippen molar-refractivity contribution in [2.75, 3.05) is 106 Å². The van der Waals surface area contributed by atoms with Crippen LogP contribution in [0.4, 0.5) is 0 Å². The number of hydrogen-bond donors (Lipinski definition) is 2. The van der Waals surface area contributed by atoms with Gasteiger partial charge in [0, 0.05) is 32.4 Å². The van der Waals surface area contributed by atoms with Crippen LogP contribution >= 0.6 is 0 Å². The van der Waals surface area contributed by atoms with E-state index < -0.39 is 0 Å². The molecule has 0 aliphatic heterocycles. The number of rotatable bonds is 27. The third-order valence-corrected chi connectivity index (χ3v) is 4.10. The molecule has 1 amide bonds. The summed E-state index contributed by atoms with van der Waals surface area (Å²) in [6.07, 6.45) is 1.75. The Bertz CT molecular complexity index is 403. The van der Waals surface area contributed by atoms with Gasteiger partial charge in [-0.1, -0.05) is 13.8 Å². The summed E-state index contributed by atoms with van der Waals surface area (Å²) < 4.78 is 37.5. The standard InChI is InChI=1S/C23H48N2O8/c1-4-27-11-12-30-17-18-32-19-20-33-21-23(26)25-8-6-10-29-14-16-31-15-13-28-9-5-7-24-22(2)3/h22,24H,4-21H2,1-3H3,(H,25,26). The average molecular weight is 481 g/mol. The van der Waals surface area contributed by atoms with Crippen LogP contribution in [0, 0.1) is 0 Å². The van der Waals surface area contributed by atoms with E-state index in [-0.39, 0.29) is 12.5 Å². The van der Waals surface area contributed by atoms with Crippen molar-refractivity contribution in [3.63, 3.8) is 0 Å². The first-order valence-electron chi connectivity index (χ1n) is 12.2. The minimum Gasteiger partial charge on any atom is -0.379 e. The second-order valence-corrected chi connectivity index (χ2v) is 7.48. The molecule has 0 fully saturated rings. The fourth-order valence-electron chi connectivity index (χ4n) is 2.43. The second kappa shape index (κ2) is 27.4. The van der Waals surface area contributed by atoms with Gasteiger partial charge < -0.3 is 43.8 Å². The zero-order valence-corrected chi connectivity index (χ0v) is 21.1. The van der Waals surface area contributed by atoms with E-state index in [1.54, 1.807) is 0 Å². The van der Waals surface area contributed by atoms with Crippen molar-refractivity contribution in [3.05, 3.63) is 0 Å². The van der Waals surface area contributed by atoms with Crippen molar-refractivity contribution in [2.24, 2.45) is 0 Å². The van der Waals surface area contributed by atoms with Crippen LogP contribution in [0.3, 0.4) is 0 Å². The van der Waals surface area contributed by atoms with Gasteiger partial charge in [-0.3, -0.25) is 4.79 Å². The van der Waals surface area contributed by atoms with Crippen molar-refractivity contribution < 1.29 is 38.0 Å². The zero-order chi connectivity index (χ0) is 24.2. The minimum atomic E-state index is -0.141. The predicted octanol–water partition coefficient (Wildman–Crippen LogP) is 1.02. The lowest BCUT2D eigenvalue weighted by molar-refractivity contribution is -0.126. The number of amides is 1. The van der Waals surface area contributed by atoms with Crippen LogP contribution in [-0.2, 0) is 38.0 Å². The molecule has 0 radical (unpaired) electrons. The van der Waals surface area contributed by atoms with Crippen molar-refractivity contribution in [3.8, 4) is 0 Å². The quantitative estimate of drug-likeness (QED) is 0.167. The highest BCUT2D eigenvalue weighted by molar-refractivity contribution is 5.77. The Morgan fingerprint density at radius 3 is 1.52 bits per heavy atom. The molecule has 0 rings (SSSR count). The monoisotopic (exact) mass is 480 g/mol. The van der Waals surface area contributed by atoms with Crippen LogP contribution in [0.25, 0.3) is 0 Å². The molecule has 0 bridgehead atoms. The molecule has 0 aromatic heterocycles. The second-order valence-electron chi connectivity index (χ2n) is 7.48. The van der Waals surface area contributed by atoms with E-state index in [0.717, 1.165) is 26.0 Å². The van der Waals surface area contributed by atoms with Gasteiger partial charge in [0.2, 0.25) is 5.91 Å². The van der Waals surface area contributed by atoms with E-state index in [9.17, 15) is 4.79 Å². The molecule has 0 aromatic rings. The maximum absolute atomic E-state index is 11.7. The van der Waals surface area contributed by atoms with Gasteiger partial charge in [-0.2, -0.15) is 0 Å². The molecule has 0 saturated carbocycles. The Morgan fingerprint density at radius 1 is 0.606 bits per heavy atom. The smallest absolute Gasteiger partial charge is 0.246 e. The maximum Gasteiger partial charge on any atom is 0.246 e. The van der Waals surface area contributed by atoms with Crippen LogP contribution in [0.5, 0.6) is 0 Å². The minimum absolute atomic E-state index is 0.0270. The van der Waals surface area contributed by atoms with Crippen molar-refractivity contribution in [2.45, 2.75) is 39.7 Å². The molecule has 0 heterocycles. The lowest BCUT2D eigenvalue weighted by atomic mass is 10.3. The largest absolute Gasteiger partial charge is 0.379 e. The first-order valence-corrected chi connectivity index (χ1v) is 12.2. The van der Waals surface area contributed by atoms with Crippen LogP contribution in [0.2, 0.25) is 0 Å². The van der Waals surface area contributed by atoms with E-state index in [1.807, 2.05) is 6.92 Å². The normalized spacial score (nSPS) is 11.4. The Hall–Kier alpha value is -0.850. The Kier molecular flexibility index (Phi) is 26.7. The zero-order valence-electron chi connectivity index (χ0n) is 21.1. The van der Waals surface area contributed by atoms with Gasteiger partial charge in [0.25, 0.3) is 0 Å². The van der Waals surface area contributed by atoms with E-state index >= 15 is 0 Å². The van der Waals surface area contributed by atoms with Gasteiger partial charge in [-0.15, -0.1) is 0 Å². The van der Waals surface area contributed by atoms with Crippen LogP contribution < -0.4 is 10.6 Å². The summed E-state index contributed by atoms with van der Waals surface area (Å²) in [5.74, 6) is -0.141. The summed E-state index contributed by atoms with van der Waals surface area (Å²) in [5, 5.41) is 6.14. The van der Waals surface area contributed by atoms with Crippen LogP contribution in [0.1, 0.15) is 33.6 Å². The van der Waals surface area contributed by atoms with Crippen molar-refractivity contribution in [1.82, 2.24) is 10.6 Å². The van der Waals surface area contributed by atoms with E-state index in [1.165, 1.54) is 0 Å². The molecule has 33 heavy (non-hydrogen) atoms. The summed E-state index contributed by atoms with van der Waals surface area (Å²) in [6.45, 7) is 15.0. The topological polar surface area (TPSA) is 106 Å². The highest BCUT2D eigenvalue weighted by Gasteiger charge is 2.01. The van der Waals surface area contributed by atoms with E-state index in [2.05, 4.69) is 24.5 Å². The average Bonchev–Trinajstić information content (AvgIpc) is 2.79. The molecule has 0 aliphatic rings. The fraction of sp³-hybridized carbons (Fsp3) is 0.957. The highest BCUT2D eigenvalue weighted by atomic mass is 16.6. The van der Waals surface area contributed by atoms with Crippen molar-refractivity contribution in [1.29, 1.82) is 0 Å². The molecule has 0 aromatic carbocycles. The molecular formula is C23H48N2O8. The maximum atomic E-state index is 11.7. The van der Waals surface area contributed by atoms with Gasteiger partial charge in [-0.25, -0.2) is 0 Å². The molecule has 0 saturated heterocycles. The highest BCUT2D eigenvalue weighted by Crippen LogP contribution is 1.87. The van der Waals surface area contributed by atoms with Crippen molar-refractivity contribution >= 4 is 5.91 Å². The molecule has 198 valence electrons. The third-order valence-electron chi connectivity index (χ3n) is 4.10. The predicted molar refractivity (Wildman–Crippen MR) is 127 cm³/mol. The number of hydrogen-bond acceptors (Lipinski definition) is 9.